The van der Waals surface area contributed by atoms with E-state index in [0.717, 1.165) is 30.8 Å². The molecule has 20 heavy (non-hydrogen) atoms. The zero-order chi connectivity index (χ0) is 13.8. The number of carbonyl (C=O) groups is 1. The molecular formula is C14H17N5O. The first kappa shape index (κ1) is 12.8. The zero-order valence-electron chi connectivity index (χ0n) is 11.1. The fourth-order valence-electron chi connectivity index (χ4n) is 2.41. The Hall–Kier alpha value is -2.21. The maximum absolute atomic E-state index is 11.9. The fourth-order valence-corrected chi connectivity index (χ4v) is 2.41. The van der Waals surface area contributed by atoms with Crippen LogP contribution in [-0.4, -0.2) is 33.5 Å². The normalized spacial score (nSPS) is 18.1. The van der Waals surface area contributed by atoms with Gasteiger partial charge in [-0.3, -0.25) is 4.79 Å². The van der Waals surface area contributed by atoms with E-state index >= 15 is 0 Å². The summed E-state index contributed by atoms with van der Waals surface area (Å²) in [7, 11) is 0. The number of hydrogen-bond donors (Lipinski definition) is 2. The first-order valence-corrected chi connectivity index (χ1v) is 6.81. The Labute approximate surface area is 117 Å². The van der Waals surface area contributed by atoms with E-state index in [0.29, 0.717) is 12.5 Å². The van der Waals surface area contributed by atoms with Gasteiger partial charge in [0.05, 0.1) is 18.1 Å². The van der Waals surface area contributed by atoms with Crippen molar-refractivity contribution in [1.82, 2.24) is 20.3 Å². The lowest BCUT2D eigenvalue weighted by molar-refractivity contribution is -0.116. The van der Waals surface area contributed by atoms with Crippen LogP contribution in [0, 0.1) is 0 Å². The Bertz CT molecular complexity index is 558. The number of anilines is 1. The van der Waals surface area contributed by atoms with Crippen molar-refractivity contribution in [3.05, 3.63) is 36.7 Å². The van der Waals surface area contributed by atoms with E-state index in [1.165, 1.54) is 0 Å². The molecule has 104 valence electrons. The minimum atomic E-state index is 0.0536. The second kappa shape index (κ2) is 5.83. The molecule has 0 aliphatic carbocycles. The standard InChI is InChI=1S/C14H17N5O/c20-14(10-12-2-1-7-15-12)17-11-3-5-13(6-4-11)19-9-8-16-18-19/h3-6,8-9,12,15H,1-2,7,10H2,(H,17,20). The van der Waals surface area contributed by atoms with E-state index in [1.807, 2.05) is 24.3 Å². The lowest BCUT2D eigenvalue weighted by Crippen LogP contribution is -2.27. The van der Waals surface area contributed by atoms with Crippen molar-refractivity contribution >= 4 is 11.6 Å². The monoisotopic (exact) mass is 271 g/mol. The zero-order valence-corrected chi connectivity index (χ0v) is 11.1. The lowest BCUT2D eigenvalue weighted by atomic mass is 10.1. The molecule has 1 unspecified atom stereocenters. The summed E-state index contributed by atoms with van der Waals surface area (Å²) < 4.78 is 1.67. The van der Waals surface area contributed by atoms with Crippen LogP contribution in [0.1, 0.15) is 19.3 Å². The second-order valence-electron chi connectivity index (χ2n) is 4.94. The molecule has 0 spiro atoms. The van der Waals surface area contributed by atoms with Crippen molar-refractivity contribution < 1.29 is 4.79 Å². The molecule has 1 aliphatic rings. The molecular weight excluding hydrogens is 254 g/mol. The largest absolute Gasteiger partial charge is 0.326 e. The topological polar surface area (TPSA) is 71.8 Å². The molecule has 1 saturated heterocycles. The van der Waals surface area contributed by atoms with E-state index in [4.69, 9.17) is 0 Å². The minimum absolute atomic E-state index is 0.0536. The van der Waals surface area contributed by atoms with E-state index in [-0.39, 0.29) is 5.91 Å². The highest BCUT2D eigenvalue weighted by Crippen LogP contribution is 2.14. The summed E-state index contributed by atoms with van der Waals surface area (Å²) in [4.78, 5) is 11.9. The van der Waals surface area contributed by atoms with Gasteiger partial charge < -0.3 is 10.6 Å². The summed E-state index contributed by atoms with van der Waals surface area (Å²) in [5, 5.41) is 13.9. The highest BCUT2D eigenvalue weighted by molar-refractivity contribution is 5.91. The number of nitrogens with zero attached hydrogens (tertiary/aromatic N) is 3. The molecule has 6 heteroatoms. The van der Waals surface area contributed by atoms with Crippen molar-refractivity contribution in [2.24, 2.45) is 0 Å². The van der Waals surface area contributed by atoms with Gasteiger partial charge in [-0.05, 0) is 43.7 Å². The van der Waals surface area contributed by atoms with E-state index in [2.05, 4.69) is 20.9 Å². The Balaban J connectivity index is 1.59. The first-order valence-electron chi connectivity index (χ1n) is 6.81. The van der Waals surface area contributed by atoms with Crippen LogP contribution in [0.2, 0.25) is 0 Å². The summed E-state index contributed by atoms with van der Waals surface area (Å²) in [5.74, 6) is 0.0536. The molecule has 2 N–H and O–H groups in total. The summed E-state index contributed by atoms with van der Waals surface area (Å²) in [6, 6.07) is 7.87. The molecule has 1 atom stereocenters. The van der Waals surface area contributed by atoms with Gasteiger partial charge in [-0.25, -0.2) is 4.68 Å². The van der Waals surface area contributed by atoms with Gasteiger partial charge in [0.2, 0.25) is 5.91 Å². The second-order valence-corrected chi connectivity index (χ2v) is 4.94. The molecule has 1 aromatic carbocycles. The molecule has 0 radical (unpaired) electrons. The Kier molecular flexibility index (Phi) is 3.73. The van der Waals surface area contributed by atoms with Crippen LogP contribution >= 0.6 is 0 Å². The van der Waals surface area contributed by atoms with Crippen molar-refractivity contribution in [3.63, 3.8) is 0 Å². The molecule has 1 aromatic heterocycles. The summed E-state index contributed by atoms with van der Waals surface area (Å²) in [6.45, 7) is 1.02. The molecule has 3 rings (SSSR count). The maximum atomic E-state index is 11.9. The van der Waals surface area contributed by atoms with Crippen molar-refractivity contribution in [2.75, 3.05) is 11.9 Å². The van der Waals surface area contributed by atoms with Gasteiger partial charge in [-0.2, -0.15) is 0 Å². The van der Waals surface area contributed by atoms with Crippen LogP contribution in [0.4, 0.5) is 5.69 Å². The molecule has 1 aliphatic heterocycles. The van der Waals surface area contributed by atoms with Crippen LogP contribution in [-0.2, 0) is 4.79 Å². The number of carbonyl (C=O) groups excluding carboxylic acids is 1. The van der Waals surface area contributed by atoms with Crippen LogP contribution in [0.25, 0.3) is 5.69 Å². The van der Waals surface area contributed by atoms with Crippen LogP contribution < -0.4 is 10.6 Å². The van der Waals surface area contributed by atoms with Crippen molar-refractivity contribution in [3.8, 4) is 5.69 Å². The van der Waals surface area contributed by atoms with Gasteiger partial charge in [-0.1, -0.05) is 5.21 Å². The predicted molar refractivity (Wildman–Crippen MR) is 75.6 cm³/mol. The lowest BCUT2D eigenvalue weighted by Gasteiger charge is -2.10. The van der Waals surface area contributed by atoms with Crippen molar-refractivity contribution in [2.45, 2.75) is 25.3 Å². The van der Waals surface area contributed by atoms with Gasteiger partial charge in [0.1, 0.15) is 0 Å². The molecule has 1 amide bonds. The van der Waals surface area contributed by atoms with E-state index < -0.39 is 0 Å². The molecule has 2 heterocycles. The van der Waals surface area contributed by atoms with Gasteiger partial charge >= 0.3 is 0 Å². The maximum Gasteiger partial charge on any atom is 0.225 e. The highest BCUT2D eigenvalue weighted by Gasteiger charge is 2.17. The number of rotatable bonds is 4. The SMILES string of the molecule is O=C(CC1CCCN1)Nc1ccc(-n2ccnn2)cc1. The number of nitrogens with one attached hydrogen (secondary N) is 2. The smallest absolute Gasteiger partial charge is 0.225 e. The molecule has 0 bridgehead atoms. The van der Waals surface area contributed by atoms with Crippen LogP contribution in [0.15, 0.2) is 36.7 Å². The third-order valence-electron chi connectivity index (χ3n) is 3.43. The number of amides is 1. The predicted octanol–water partition coefficient (Wildman–Crippen LogP) is 1.35. The molecule has 6 nitrogen and oxygen atoms in total. The third kappa shape index (κ3) is 3.03. The number of hydrogen-bond acceptors (Lipinski definition) is 4. The summed E-state index contributed by atoms with van der Waals surface area (Å²) in [5.41, 5.74) is 1.72. The Morgan fingerprint density at radius 2 is 2.25 bits per heavy atom. The number of aromatic nitrogens is 3. The quantitative estimate of drug-likeness (QED) is 0.880. The van der Waals surface area contributed by atoms with Gasteiger partial charge in [0, 0.05) is 18.2 Å². The van der Waals surface area contributed by atoms with Gasteiger partial charge in [-0.15, -0.1) is 5.10 Å². The Morgan fingerprint density at radius 3 is 2.90 bits per heavy atom. The third-order valence-corrected chi connectivity index (χ3v) is 3.43. The van der Waals surface area contributed by atoms with Crippen LogP contribution in [0.5, 0.6) is 0 Å². The average Bonchev–Trinajstić information content (AvgIpc) is 3.12. The summed E-state index contributed by atoms with van der Waals surface area (Å²) in [6.07, 6.45) is 6.18. The fraction of sp³-hybridized carbons (Fsp3) is 0.357. The van der Waals surface area contributed by atoms with E-state index in [1.54, 1.807) is 17.1 Å². The number of benzene rings is 1. The summed E-state index contributed by atoms with van der Waals surface area (Å²) >= 11 is 0. The van der Waals surface area contributed by atoms with Gasteiger partial charge in [0.15, 0.2) is 0 Å². The first-order chi connectivity index (χ1) is 9.81. The van der Waals surface area contributed by atoms with Crippen LogP contribution in [0.3, 0.4) is 0 Å². The average molecular weight is 271 g/mol. The highest BCUT2D eigenvalue weighted by atomic mass is 16.1. The molecule has 2 aromatic rings. The van der Waals surface area contributed by atoms with Gasteiger partial charge in [0.25, 0.3) is 0 Å². The van der Waals surface area contributed by atoms with E-state index in [9.17, 15) is 4.79 Å². The molecule has 1 fully saturated rings. The molecule has 0 saturated carbocycles. The minimum Gasteiger partial charge on any atom is -0.326 e. The van der Waals surface area contributed by atoms with Crippen molar-refractivity contribution in [1.29, 1.82) is 0 Å². The Morgan fingerprint density at radius 1 is 1.40 bits per heavy atom.